The van der Waals surface area contributed by atoms with Gasteiger partial charge >= 0.3 is 5.97 Å². The van der Waals surface area contributed by atoms with E-state index in [0.717, 1.165) is 12.0 Å². The molecule has 21 heavy (non-hydrogen) atoms. The van der Waals surface area contributed by atoms with Crippen LogP contribution in [-0.4, -0.2) is 39.3 Å². The highest BCUT2D eigenvalue weighted by molar-refractivity contribution is 9.10. The molecule has 0 atom stereocenters. The number of hydrogen-bond donors (Lipinski definition) is 2. The van der Waals surface area contributed by atoms with Gasteiger partial charge in [-0.25, -0.2) is 17.9 Å². The SMILES string of the molecule is O=C(O)c1ccc(S(=O)(=O)NCC2=CCCOC2)cc1Br. The number of halogens is 1. The van der Waals surface area contributed by atoms with Crippen LogP contribution in [0.25, 0.3) is 0 Å². The molecular weight excluding hydrogens is 362 g/mol. The fourth-order valence-electron chi connectivity index (χ4n) is 1.84. The Bertz CT molecular complexity index is 684. The van der Waals surface area contributed by atoms with Gasteiger partial charge in [0.1, 0.15) is 0 Å². The van der Waals surface area contributed by atoms with E-state index < -0.39 is 16.0 Å². The third-order valence-electron chi connectivity index (χ3n) is 2.95. The van der Waals surface area contributed by atoms with Crippen LogP contribution in [0.3, 0.4) is 0 Å². The maximum absolute atomic E-state index is 12.2. The quantitative estimate of drug-likeness (QED) is 0.765. The number of carboxylic acid groups (broad SMARTS) is 1. The molecule has 6 nitrogen and oxygen atoms in total. The van der Waals surface area contributed by atoms with Gasteiger partial charge in [-0.1, -0.05) is 6.08 Å². The molecule has 0 amide bonds. The summed E-state index contributed by atoms with van der Waals surface area (Å²) in [5.74, 6) is -1.12. The number of hydrogen-bond acceptors (Lipinski definition) is 4. The highest BCUT2D eigenvalue weighted by Gasteiger charge is 2.18. The Labute approximate surface area is 131 Å². The Morgan fingerprint density at radius 3 is 2.76 bits per heavy atom. The number of benzene rings is 1. The van der Waals surface area contributed by atoms with Crippen molar-refractivity contribution in [1.29, 1.82) is 0 Å². The van der Waals surface area contributed by atoms with E-state index in [2.05, 4.69) is 20.7 Å². The second-order valence-electron chi connectivity index (χ2n) is 4.47. The third kappa shape index (κ3) is 4.13. The zero-order valence-corrected chi connectivity index (χ0v) is 13.4. The van der Waals surface area contributed by atoms with E-state index in [-0.39, 0.29) is 21.5 Å². The van der Waals surface area contributed by atoms with Crippen LogP contribution in [0.4, 0.5) is 0 Å². The molecular formula is C13H14BrNO5S. The van der Waals surface area contributed by atoms with E-state index in [9.17, 15) is 13.2 Å². The van der Waals surface area contributed by atoms with Crippen molar-refractivity contribution in [2.24, 2.45) is 0 Å². The molecule has 0 unspecified atom stereocenters. The molecule has 0 radical (unpaired) electrons. The van der Waals surface area contributed by atoms with Crippen LogP contribution in [0.2, 0.25) is 0 Å². The summed E-state index contributed by atoms with van der Waals surface area (Å²) in [6, 6.07) is 3.80. The molecule has 2 rings (SSSR count). The summed E-state index contributed by atoms with van der Waals surface area (Å²) >= 11 is 3.06. The molecule has 1 aromatic carbocycles. The number of carbonyl (C=O) groups is 1. The predicted octanol–water partition coefficient (Wildman–Crippen LogP) is 1.77. The summed E-state index contributed by atoms with van der Waals surface area (Å²) in [6.07, 6.45) is 2.73. The average Bonchev–Trinajstić information content (AvgIpc) is 2.46. The van der Waals surface area contributed by atoms with Gasteiger partial charge in [0.15, 0.2) is 0 Å². The lowest BCUT2D eigenvalue weighted by atomic mass is 10.2. The summed E-state index contributed by atoms with van der Waals surface area (Å²) < 4.78 is 32.3. The van der Waals surface area contributed by atoms with E-state index in [1.54, 1.807) is 0 Å². The van der Waals surface area contributed by atoms with Crippen molar-refractivity contribution < 1.29 is 23.1 Å². The summed E-state index contributed by atoms with van der Waals surface area (Å²) in [6.45, 7) is 1.25. The molecule has 1 aliphatic rings. The highest BCUT2D eigenvalue weighted by Crippen LogP contribution is 2.21. The fourth-order valence-corrected chi connectivity index (χ4v) is 3.60. The lowest BCUT2D eigenvalue weighted by Gasteiger charge is -2.14. The number of nitrogens with one attached hydrogen (secondary N) is 1. The summed E-state index contributed by atoms with van der Waals surface area (Å²) in [4.78, 5) is 10.9. The van der Waals surface area contributed by atoms with Crippen molar-refractivity contribution in [1.82, 2.24) is 4.72 Å². The molecule has 8 heteroatoms. The standard InChI is InChI=1S/C13H14BrNO5S/c14-12-6-10(3-4-11(12)13(16)17)21(18,19)15-7-9-2-1-5-20-8-9/h2-4,6,15H,1,5,7-8H2,(H,16,17). The second-order valence-corrected chi connectivity index (χ2v) is 7.10. The highest BCUT2D eigenvalue weighted by atomic mass is 79.9. The largest absolute Gasteiger partial charge is 0.478 e. The molecule has 0 aromatic heterocycles. The minimum atomic E-state index is -3.69. The Balaban J connectivity index is 2.14. The monoisotopic (exact) mass is 375 g/mol. The Kier molecular flexibility index (Phi) is 5.15. The molecule has 114 valence electrons. The second kappa shape index (κ2) is 6.69. The van der Waals surface area contributed by atoms with Crippen molar-refractivity contribution in [3.63, 3.8) is 0 Å². The minimum absolute atomic E-state index is 0.0108. The molecule has 0 spiro atoms. The summed E-state index contributed by atoms with van der Waals surface area (Å²) in [5, 5.41) is 8.92. The molecule has 0 aliphatic carbocycles. The molecule has 2 N–H and O–H groups in total. The topological polar surface area (TPSA) is 92.7 Å². The van der Waals surface area contributed by atoms with Crippen LogP contribution in [0, 0.1) is 0 Å². The molecule has 0 fully saturated rings. The summed E-state index contributed by atoms with van der Waals surface area (Å²) in [5.41, 5.74) is 0.892. The molecule has 0 saturated heterocycles. The zero-order chi connectivity index (χ0) is 15.5. The Morgan fingerprint density at radius 2 is 2.19 bits per heavy atom. The van der Waals surface area contributed by atoms with Gasteiger partial charge in [-0.05, 0) is 46.1 Å². The maximum atomic E-state index is 12.2. The predicted molar refractivity (Wildman–Crippen MR) is 79.8 cm³/mol. The number of carboxylic acids is 1. The number of rotatable bonds is 5. The van der Waals surface area contributed by atoms with Crippen LogP contribution in [0.15, 0.2) is 39.2 Å². The number of aromatic carboxylic acids is 1. The lowest BCUT2D eigenvalue weighted by Crippen LogP contribution is -2.28. The Morgan fingerprint density at radius 1 is 1.43 bits per heavy atom. The van der Waals surface area contributed by atoms with Crippen LogP contribution >= 0.6 is 15.9 Å². The van der Waals surface area contributed by atoms with Crippen molar-refractivity contribution in [3.05, 3.63) is 39.9 Å². The summed E-state index contributed by atoms with van der Waals surface area (Å²) in [7, 11) is -3.69. The van der Waals surface area contributed by atoms with Crippen molar-refractivity contribution >= 4 is 31.9 Å². The average molecular weight is 376 g/mol. The normalized spacial score (nSPS) is 15.6. The van der Waals surface area contributed by atoms with Gasteiger partial charge in [-0.2, -0.15) is 0 Å². The van der Waals surface area contributed by atoms with Crippen LogP contribution in [0.5, 0.6) is 0 Å². The lowest BCUT2D eigenvalue weighted by molar-refractivity contribution is 0.0695. The van der Waals surface area contributed by atoms with Gasteiger partial charge in [-0.15, -0.1) is 0 Å². The number of sulfonamides is 1. The van der Waals surface area contributed by atoms with E-state index in [0.29, 0.717) is 13.2 Å². The minimum Gasteiger partial charge on any atom is -0.478 e. The first-order valence-corrected chi connectivity index (χ1v) is 8.46. The van der Waals surface area contributed by atoms with Gasteiger partial charge in [0.05, 0.1) is 23.7 Å². The Hall–Kier alpha value is -1.22. The maximum Gasteiger partial charge on any atom is 0.336 e. The number of ether oxygens (including phenoxy) is 1. The smallest absolute Gasteiger partial charge is 0.336 e. The van der Waals surface area contributed by atoms with Crippen LogP contribution < -0.4 is 4.72 Å². The fraction of sp³-hybridized carbons (Fsp3) is 0.308. The first-order chi connectivity index (χ1) is 9.90. The van der Waals surface area contributed by atoms with Crippen molar-refractivity contribution in [2.75, 3.05) is 19.8 Å². The van der Waals surface area contributed by atoms with Gasteiger partial charge in [-0.3, -0.25) is 0 Å². The van der Waals surface area contributed by atoms with Gasteiger partial charge in [0, 0.05) is 11.0 Å². The molecule has 0 bridgehead atoms. The van der Waals surface area contributed by atoms with Gasteiger partial charge in [0.2, 0.25) is 10.0 Å². The molecule has 0 saturated carbocycles. The van der Waals surface area contributed by atoms with Crippen LogP contribution in [-0.2, 0) is 14.8 Å². The van der Waals surface area contributed by atoms with E-state index in [1.807, 2.05) is 6.08 Å². The first-order valence-electron chi connectivity index (χ1n) is 6.18. The first kappa shape index (κ1) is 16.2. The van der Waals surface area contributed by atoms with Crippen LogP contribution in [0.1, 0.15) is 16.8 Å². The zero-order valence-electron chi connectivity index (χ0n) is 11.0. The molecule has 1 aliphatic heterocycles. The third-order valence-corrected chi connectivity index (χ3v) is 5.01. The molecule has 1 heterocycles. The van der Waals surface area contributed by atoms with Gasteiger partial charge in [0.25, 0.3) is 0 Å². The van der Waals surface area contributed by atoms with E-state index in [1.165, 1.54) is 18.2 Å². The van der Waals surface area contributed by atoms with Gasteiger partial charge < -0.3 is 9.84 Å². The molecule has 1 aromatic rings. The van der Waals surface area contributed by atoms with E-state index >= 15 is 0 Å². The van der Waals surface area contributed by atoms with Crippen molar-refractivity contribution in [3.8, 4) is 0 Å². The van der Waals surface area contributed by atoms with Crippen molar-refractivity contribution in [2.45, 2.75) is 11.3 Å². The van der Waals surface area contributed by atoms with E-state index in [4.69, 9.17) is 9.84 Å².